The van der Waals surface area contributed by atoms with Crippen LogP contribution >= 0.6 is 0 Å². The molecule has 5 heteroatoms. The van der Waals surface area contributed by atoms with Gasteiger partial charge in [0.2, 0.25) is 0 Å². The molecular formula is C48H30FN3O. The maximum Gasteiger partial charge on any atom is 0.160 e. The fourth-order valence-corrected chi connectivity index (χ4v) is 8.24. The fourth-order valence-electron chi connectivity index (χ4n) is 8.24. The molecule has 3 heterocycles. The molecule has 0 unspecified atom stereocenters. The largest absolute Gasteiger partial charge is 0.454 e. The Morgan fingerprint density at radius 2 is 0.811 bits per heavy atom. The highest BCUT2D eigenvalue weighted by Crippen LogP contribution is 2.42. The Hall–Kier alpha value is -7.11. The predicted molar refractivity (Wildman–Crippen MR) is 217 cm³/mol. The summed E-state index contributed by atoms with van der Waals surface area (Å²) in [5.74, 6) is -0.269. The van der Waals surface area contributed by atoms with E-state index in [1.807, 2.05) is 24.3 Å². The van der Waals surface area contributed by atoms with E-state index < -0.39 is 0 Å². The van der Waals surface area contributed by atoms with Gasteiger partial charge in [-0.25, -0.2) is 4.39 Å². The highest BCUT2D eigenvalue weighted by Gasteiger charge is 2.20. The molecule has 0 aliphatic heterocycles. The van der Waals surface area contributed by atoms with Gasteiger partial charge in [-0.3, -0.25) is 0 Å². The van der Waals surface area contributed by atoms with Gasteiger partial charge in [-0.05, 0) is 103 Å². The van der Waals surface area contributed by atoms with Crippen molar-refractivity contribution in [3.8, 4) is 11.4 Å². The lowest BCUT2D eigenvalue weighted by Gasteiger charge is -2.26. The summed E-state index contributed by atoms with van der Waals surface area (Å²) in [5, 5.41) is 6.98. The minimum absolute atomic E-state index is 0.269. The van der Waals surface area contributed by atoms with Crippen LogP contribution in [0.3, 0.4) is 0 Å². The standard InChI is InChI=1S/C48H30FN3O/c49-31-17-19-32(20-18-31)50(33-21-25-35(26-22-33)51-43-13-5-1-9-37(43)38-10-2-6-14-44(38)51)34-23-27-36(28-24-34)52-45-15-7-3-11-39(45)41-29-30-42-40-12-4-8-16-46(40)53-48(42)47(41)52/h1-30H. The zero-order valence-electron chi connectivity index (χ0n) is 28.4. The monoisotopic (exact) mass is 683 g/mol. The first-order chi connectivity index (χ1) is 26.2. The third kappa shape index (κ3) is 4.47. The van der Waals surface area contributed by atoms with E-state index in [1.54, 1.807) is 0 Å². The van der Waals surface area contributed by atoms with E-state index in [9.17, 15) is 4.39 Å². The van der Waals surface area contributed by atoms with Crippen molar-refractivity contribution in [2.45, 2.75) is 0 Å². The number of hydrogen-bond acceptors (Lipinski definition) is 2. The third-order valence-corrected chi connectivity index (χ3v) is 10.6. The molecule has 0 spiro atoms. The van der Waals surface area contributed by atoms with Gasteiger partial charge in [0.05, 0.1) is 22.1 Å². The molecule has 11 rings (SSSR count). The lowest BCUT2D eigenvalue weighted by atomic mass is 10.1. The Kier molecular flexibility index (Phi) is 6.40. The van der Waals surface area contributed by atoms with Crippen LogP contribution in [0.4, 0.5) is 21.5 Å². The van der Waals surface area contributed by atoms with E-state index in [1.165, 1.54) is 28.3 Å². The van der Waals surface area contributed by atoms with Gasteiger partial charge in [0, 0.05) is 60.8 Å². The van der Waals surface area contributed by atoms with Crippen LogP contribution < -0.4 is 4.90 Å². The SMILES string of the molecule is Fc1ccc(N(c2ccc(-n3c4ccccc4c4ccccc43)cc2)c2ccc(-n3c4ccccc4c4ccc5c6ccccc6oc5c43)cc2)cc1. The topological polar surface area (TPSA) is 26.2 Å². The van der Waals surface area contributed by atoms with Crippen LogP contribution in [0.15, 0.2) is 186 Å². The summed E-state index contributed by atoms with van der Waals surface area (Å²) in [6.07, 6.45) is 0. The Labute approximate surface area is 303 Å². The lowest BCUT2D eigenvalue weighted by molar-refractivity contribution is 0.628. The Morgan fingerprint density at radius 3 is 1.40 bits per heavy atom. The van der Waals surface area contributed by atoms with E-state index in [-0.39, 0.29) is 5.82 Å². The number of rotatable bonds is 5. The first kappa shape index (κ1) is 29.6. The van der Waals surface area contributed by atoms with Crippen LogP contribution in [0, 0.1) is 5.82 Å². The number of benzene rings is 8. The molecule has 0 saturated carbocycles. The molecule has 0 aliphatic rings. The molecule has 3 aromatic heterocycles. The van der Waals surface area contributed by atoms with Gasteiger partial charge in [-0.2, -0.15) is 0 Å². The number of hydrogen-bond donors (Lipinski definition) is 0. The second kappa shape index (κ2) is 11.5. The summed E-state index contributed by atoms with van der Waals surface area (Å²) < 4.78 is 25.4. The van der Waals surface area contributed by atoms with Gasteiger partial charge in [0.1, 0.15) is 11.4 Å². The van der Waals surface area contributed by atoms with Crippen molar-refractivity contribution in [3.05, 3.63) is 188 Å². The molecule has 0 atom stereocenters. The minimum Gasteiger partial charge on any atom is -0.454 e. The van der Waals surface area contributed by atoms with Crippen LogP contribution in [0.2, 0.25) is 0 Å². The normalized spacial score (nSPS) is 11.9. The van der Waals surface area contributed by atoms with Gasteiger partial charge < -0.3 is 18.5 Å². The Morgan fingerprint density at radius 1 is 0.377 bits per heavy atom. The Balaban J connectivity index is 1.06. The second-order valence-corrected chi connectivity index (χ2v) is 13.5. The van der Waals surface area contributed by atoms with Crippen LogP contribution in [0.1, 0.15) is 0 Å². The van der Waals surface area contributed by atoms with Crippen LogP contribution in [-0.2, 0) is 0 Å². The molecule has 0 saturated heterocycles. The molecular weight excluding hydrogens is 654 g/mol. The van der Waals surface area contributed by atoms with E-state index in [2.05, 4.69) is 160 Å². The number of anilines is 3. The second-order valence-electron chi connectivity index (χ2n) is 13.5. The molecule has 250 valence electrons. The first-order valence-electron chi connectivity index (χ1n) is 17.8. The van der Waals surface area contributed by atoms with Crippen molar-refractivity contribution in [1.29, 1.82) is 0 Å². The van der Waals surface area contributed by atoms with Crippen molar-refractivity contribution in [3.63, 3.8) is 0 Å². The van der Waals surface area contributed by atoms with E-state index in [0.717, 1.165) is 77.8 Å². The molecule has 0 N–H and O–H groups in total. The van der Waals surface area contributed by atoms with E-state index in [0.29, 0.717) is 0 Å². The van der Waals surface area contributed by atoms with Gasteiger partial charge in [-0.1, -0.05) is 78.9 Å². The summed E-state index contributed by atoms with van der Waals surface area (Å²) in [6, 6.07) is 62.1. The summed E-state index contributed by atoms with van der Waals surface area (Å²) in [5.41, 5.74) is 11.1. The lowest BCUT2D eigenvalue weighted by Crippen LogP contribution is -2.10. The minimum atomic E-state index is -0.269. The zero-order chi connectivity index (χ0) is 35.0. The average molecular weight is 684 g/mol. The zero-order valence-corrected chi connectivity index (χ0v) is 28.4. The van der Waals surface area contributed by atoms with Gasteiger partial charge >= 0.3 is 0 Å². The van der Waals surface area contributed by atoms with Crippen molar-refractivity contribution in [1.82, 2.24) is 9.13 Å². The quantitative estimate of drug-likeness (QED) is 0.180. The van der Waals surface area contributed by atoms with Gasteiger partial charge in [-0.15, -0.1) is 0 Å². The van der Waals surface area contributed by atoms with Crippen LogP contribution in [0.5, 0.6) is 0 Å². The molecule has 4 nitrogen and oxygen atoms in total. The summed E-state index contributed by atoms with van der Waals surface area (Å²) in [6.45, 7) is 0. The number of para-hydroxylation sites is 4. The summed E-state index contributed by atoms with van der Waals surface area (Å²) in [4.78, 5) is 2.17. The third-order valence-electron chi connectivity index (χ3n) is 10.6. The summed E-state index contributed by atoms with van der Waals surface area (Å²) in [7, 11) is 0. The number of furan rings is 1. The number of halogens is 1. The number of nitrogens with zero attached hydrogens (tertiary/aromatic N) is 3. The Bertz CT molecular complexity index is 3120. The van der Waals surface area contributed by atoms with Crippen molar-refractivity contribution in [2.24, 2.45) is 0 Å². The molecule has 0 bridgehead atoms. The van der Waals surface area contributed by atoms with Crippen LogP contribution in [0.25, 0.3) is 76.9 Å². The first-order valence-corrected chi connectivity index (χ1v) is 17.8. The van der Waals surface area contributed by atoms with Crippen molar-refractivity contribution < 1.29 is 8.81 Å². The molecule has 0 fully saturated rings. The van der Waals surface area contributed by atoms with Crippen LogP contribution in [-0.4, -0.2) is 9.13 Å². The average Bonchev–Trinajstić information content (AvgIpc) is 3.87. The highest BCUT2D eigenvalue weighted by atomic mass is 19.1. The van der Waals surface area contributed by atoms with Crippen molar-refractivity contribution >= 4 is 82.6 Å². The number of aromatic nitrogens is 2. The molecule has 0 radical (unpaired) electrons. The maximum atomic E-state index is 14.2. The highest BCUT2D eigenvalue weighted by molar-refractivity contribution is 6.21. The maximum absolute atomic E-state index is 14.2. The predicted octanol–water partition coefficient (Wildman–Crippen LogP) is 13.4. The smallest absolute Gasteiger partial charge is 0.160 e. The number of fused-ring (bicyclic) bond motifs is 10. The van der Waals surface area contributed by atoms with E-state index in [4.69, 9.17) is 4.42 Å². The molecule has 53 heavy (non-hydrogen) atoms. The van der Waals surface area contributed by atoms with Gasteiger partial charge in [0.25, 0.3) is 0 Å². The van der Waals surface area contributed by atoms with Crippen molar-refractivity contribution in [2.75, 3.05) is 4.90 Å². The fraction of sp³-hybridized carbons (Fsp3) is 0. The molecule has 8 aromatic carbocycles. The molecule has 11 aromatic rings. The van der Waals surface area contributed by atoms with E-state index >= 15 is 0 Å². The molecule has 0 amide bonds. The van der Waals surface area contributed by atoms with Gasteiger partial charge in [0.15, 0.2) is 5.58 Å². The summed E-state index contributed by atoms with van der Waals surface area (Å²) >= 11 is 0. The molecule has 0 aliphatic carbocycles.